The predicted octanol–water partition coefficient (Wildman–Crippen LogP) is 0.956. The third-order valence-electron chi connectivity index (χ3n) is 1.66. The van der Waals surface area contributed by atoms with Gasteiger partial charge in [-0.1, -0.05) is 11.6 Å². The Morgan fingerprint density at radius 2 is 2.29 bits per heavy atom. The van der Waals surface area contributed by atoms with Gasteiger partial charge in [-0.2, -0.15) is 5.10 Å². The number of phenolic OH excluding ortho intramolecular Hbond substituents is 1. The molecular weight excluding hydrogens is 252 g/mol. The van der Waals surface area contributed by atoms with Gasteiger partial charge in [0.25, 0.3) is 0 Å². The monoisotopic (exact) mass is 258 g/mol. The lowest BCUT2D eigenvalue weighted by molar-refractivity contribution is -0.385. The average Bonchev–Trinajstić information content (AvgIpc) is 2.21. The molecule has 1 aromatic carbocycles. The zero-order valence-electron chi connectivity index (χ0n) is 8.25. The number of aromatic hydroxyl groups is 1. The number of nitrogens with one attached hydrogen (secondary N) is 1. The Labute approximate surface area is 99.8 Å². The minimum absolute atomic E-state index is 0.0158. The van der Waals surface area contributed by atoms with Crippen LogP contribution in [-0.4, -0.2) is 22.3 Å². The van der Waals surface area contributed by atoms with Crippen molar-refractivity contribution in [2.24, 2.45) is 10.8 Å². The van der Waals surface area contributed by atoms with Crippen LogP contribution in [0.2, 0.25) is 5.02 Å². The predicted molar refractivity (Wildman–Crippen MR) is 60.1 cm³/mol. The van der Waals surface area contributed by atoms with Crippen LogP contribution >= 0.6 is 11.6 Å². The first-order chi connectivity index (χ1) is 7.91. The molecule has 4 N–H and O–H groups in total. The highest BCUT2D eigenvalue weighted by molar-refractivity contribution is 6.31. The molecule has 1 rings (SSSR count). The van der Waals surface area contributed by atoms with E-state index in [1.54, 1.807) is 0 Å². The number of urea groups is 1. The van der Waals surface area contributed by atoms with Crippen LogP contribution in [0, 0.1) is 10.1 Å². The van der Waals surface area contributed by atoms with Gasteiger partial charge in [0.15, 0.2) is 0 Å². The summed E-state index contributed by atoms with van der Waals surface area (Å²) in [5.74, 6) is -0.602. The van der Waals surface area contributed by atoms with Gasteiger partial charge in [-0.05, 0) is 6.07 Å². The summed E-state index contributed by atoms with van der Waals surface area (Å²) in [6.07, 6.45) is 0.985. The standard InChI is InChI=1S/C8H7ClN4O4/c9-5-1-4(3-11-12-8(10)15)7(14)6(2-5)13(16)17/h1-3,14H,(H3,10,12,15)/b11-3-. The second-order valence-corrected chi connectivity index (χ2v) is 3.29. The molecular formula is C8H7ClN4O4. The molecule has 8 nitrogen and oxygen atoms in total. The summed E-state index contributed by atoms with van der Waals surface area (Å²) >= 11 is 5.62. The molecule has 0 aliphatic carbocycles. The number of nitrogens with zero attached hydrogens (tertiary/aromatic N) is 2. The van der Waals surface area contributed by atoms with Crippen LogP contribution in [0.1, 0.15) is 5.56 Å². The fourth-order valence-corrected chi connectivity index (χ4v) is 1.23. The Morgan fingerprint density at radius 3 is 2.82 bits per heavy atom. The number of rotatable bonds is 3. The average molecular weight is 259 g/mol. The van der Waals surface area contributed by atoms with E-state index in [1.165, 1.54) is 6.07 Å². The topological polar surface area (TPSA) is 131 Å². The molecule has 9 heteroatoms. The van der Waals surface area contributed by atoms with Crippen molar-refractivity contribution in [3.05, 3.63) is 32.8 Å². The van der Waals surface area contributed by atoms with E-state index in [-0.39, 0.29) is 10.6 Å². The summed E-state index contributed by atoms with van der Waals surface area (Å²) in [7, 11) is 0. The zero-order valence-corrected chi connectivity index (χ0v) is 9.01. The number of benzene rings is 1. The minimum Gasteiger partial charge on any atom is -0.502 e. The molecule has 0 saturated heterocycles. The molecule has 90 valence electrons. The van der Waals surface area contributed by atoms with Crippen LogP contribution in [0.15, 0.2) is 17.2 Å². The number of hydrogen-bond acceptors (Lipinski definition) is 5. The Morgan fingerprint density at radius 1 is 1.65 bits per heavy atom. The number of phenols is 1. The maximum Gasteiger partial charge on any atom is 0.332 e. The molecule has 0 radical (unpaired) electrons. The van der Waals surface area contributed by atoms with Gasteiger partial charge in [0.2, 0.25) is 5.75 Å². The van der Waals surface area contributed by atoms with E-state index in [0.29, 0.717) is 0 Å². The van der Waals surface area contributed by atoms with Crippen LogP contribution < -0.4 is 11.2 Å². The molecule has 0 fully saturated rings. The normalized spacial score (nSPS) is 10.4. The van der Waals surface area contributed by atoms with E-state index >= 15 is 0 Å². The van der Waals surface area contributed by atoms with Crippen molar-refractivity contribution >= 4 is 29.5 Å². The highest BCUT2D eigenvalue weighted by Gasteiger charge is 2.17. The van der Waals surface area contributed by atoms with Crippen molar-refractivity contribution in [2.45, 2.75) is 0 Å². The van der Waals surface area contributed by atoms with Crippen molar-refractivity contribution in [3.8, 4) is 5.75 Å². The van der Waals surface area contributed by atoms with Gasteiger partial charge in [-0.3, -0.25) is 10.1 Å². The number of carbonyl (C=O) groups is 1. The second kappa shape index (κ2) is 5.12. The first-order valence-corrected chi connectivity index (χ1v) is 4.55. The highest BCUT2D eigenvalue weighted by atomic mass is 35.5. The molecule has 0 bridgehead atoms. The van der Waals surface area contributed by atoms with E-state index in [9.17, 15) is 20.0 Å². The Bertz CT molecular complexity index is 503. The van der Waals surface area contributed by atoms with Crippen LogP contribution in [0.5, 0.6) is 5.75 Å². The molecule has 0 unspecified atom stereocenters. The molecule has 0 aliphatic rings. The van der Waals surface area contributed by atoms with E-state index in [4.69, 9.17) is 17.3 Å². The second-order valence-electron chi connectivity index (χ2n) is 2.85. The van der Waals surface area contributed by atoms with Gasteiger partial charge in [0.1, 0.15) is 0 Å². The van der Waals surface area contributed by atoms with Crippen molar-refractivity contribution in [1.29, 1.82) is 0 Å². The van der Waals surface area contributed by atoms with E-state index < -0.39 is 22.4 Å². The number of halogens is 1. The van der Waals surface area contributed by atoms with Crippen LogP contribution in [0.3, 0.4) is 0 Å². The lowest BCUT2D eigenvalue weighted by atomic mass is 10.2. The maximum absolute atomic E-state index is 10.6. The lowest BCUT2D eigenvalue weighted by Crippen LogP contribution is -2.24. The summed E-state index contributed by atoms with van der Waals surface area (Å²) in [6, 6.07) is 1.34. The molecule has 17 heavy (non-hydrogen) atoms. The Kier molecular flexibility index (Phi) is 3.83. The Hall–Kier alpha value is -2.35. The number of nitro groups is 1. The summed E-state index contributed by atoms with van der Waals surface area (Å²) in [5, 5.41) is 23.5. The maximum atomic E-state index is 10.6. The molecule has 0 atom stereocenters. The van der Waals surface area contributed by atoms with Crippen LogP contribution in [-0.2, 0) is 0 Å². The van der Waals surface area contributed by atoms with E-state index in [2.05, 4.69) is 5.10 Å². The molecule has 0 aliphatic heterocycles. The SMILES string of the molecule is NC(=O)N/N=C\c1cc(Cl)cc([N+](=O)[O-])c1O. The number of primary amides is 1. The van der Waals surface area contributed by atoms with Crippen LogP contribution in [0.25, 0.3) is 0 Å². The van der Waals surface area contributed by atoms with Crippen molar-refractivity contribution < 1.29 is 14.8 Å². The molecule has 2 amide bonds. The summed E-state index contributed by atoms with van der Waals surface area (Å²) in [6.45, 7) is 0. The van der Waals surface area contributed by atoms with Crippen molar-refractivity contribution in [3.63, 3.8) is 0 Å². The first-order valence-electron chi connectivity index (χ1n) is 4.17. The fraction of sp³-hybridized carbons (Fsp3) is 0. The highest BCUT2D eigenvalue weighted by Crippen LogP contribution is 2.32. The van der Waals surface area contributed by atoms with Crippen molar-refractivity contribution in [1.82, 2.24) is 5.43 Å². The van der Waals surface area contributed by atoms with Gasteiger partial charge >= 0.3 is 11.7 Å². The number of hydrazone groups is 1. The van der Waals surface area contributed by atoms with E-state index in [1.807, 2.05) is 5.43 Å². The van der Waals surface area contributed by atoms with Gasteiger partial charge < -0.3 is 10.8 Å². The largest absolute Gasteiger partial charge is 0.502 e. The summed E-state index contributed by atoms with van der Waals surface area (Å²) in [4.78, 5) is 20.1. The number of nitro benzene ring substituents is 1. The zero-order chi connectivity index (χ0) is 13.0. The van der Waals surface area contributed by atoms with Gasteiger partial charge in [-0.15, -0.1) is 0 Å². The third-order valence-corrected chi connectivity index (χ3v) is 1.88. The van der Waals surface area contributed by atoms with E-state index in [0.717, 1.165) is 12.3 Å². The number of nitrogens with two attached hydrogens (primary N) is 1. The van der Waals surface area contributed by atoms with Gasteiger partial charge in [0, 0.05) is 16.7 Å². The molecule has 0 aromatic heterocycles. The quantitative estimate of drug-likeness (QED) is 0.423. The Balaban J connectivity index is 3.11. The lowest BCUT2D eigenvalue weighted by Gasteiger charge is -2.01. The van der Waals surface area contributed by atoms with Crippen molar-refractivity contribution in [2.75, 3.05) is 0 Å². The number of amides is 2. The number of hydrogen-bond donors (Lipinski definition) is 3. The summed E-state index contributed by atoms with van der Waals surface area (Å²) < 4.78 is 0. The van der Waals surface area contributed by atoms with Crippen LogP contribution in [0.4, 0.5) is 10.5 Å². The van der Waals surface area contributed by atoms with Gasteiger partial charge in [0.05, 0.1) is 11.1 Å². The first kappa shape index (κ1) is 12.7. The molecule has 0 spiro atoms. The molecule has 1 aromatic rings. The smallest absolute Gasteiger partial charge is 0.332 e. The number of carbonyl (C=O) groups excluding carboxylic acids is 1. The fourth-order valence-electron chi connectivity index (χ4n) is 1.01. The molecule has 0 saturated carbocycles. The third kappa shape index (κ3) is 3.31. The van der Waals surface area contributed by atoms with Gasteiger partial charge in [-0.25, -0.2) is 10.2 Å². The minimum atomic E-state index is -0.905. The summed E-state index contributed by atoms with van der Waals surface area (Å²) in [5.41, 5.74) is 6.04. The molecule has 0 heterocycles.